The molecule has 2 aliphatic carbocycles. The minimum atomic E-state index is -4.94. The number of carboxylic acids is 1. The van der Waals surface area contributed by atoms with Crippen LogP contribution in [0.15, 0.2) is 66.1 Å². The van der Waals surface area contributed by atoms with Crippen LogP contribution in [-0.2, 0) is 31.0 Å². The number of aromatic nitrogens is 3. The van der Waals surface area contributed by atoms with Gasteiger partial charge in [0.25, 0.3) is 0 Å². The number of nitrogens with zero attached hydrogens (tertiary/aromatic N) is 3. The zero-order chi connectivity index (χ0) is 38.2. The lowest BCUT2D eigenvalue weighted by atomic mass is 9.96. The lowest BCUT2D eigenvalue weighted by Gasteiger charge is -2.18. The van der Waals surface area contributed by atoms with Crippen LogP contribution in [0.2, 0.25) is 0 Å². The smallest absolute Gasteiger partial charge is 0.417 e. The molecule has 284 valence electrons. The number of halogens is 3. The Bertz CT molecular complexity index is 2010. The second kappa shape index (κ2) is 17.1. The van der Waals surface area contributed by atoms with E-state index in [1.807, 2.05) is 24.3 Å². The molecule has 2 saturated carbocycles. The van der Waals surface area contributed by atoms with Gasteiger partial charge in [0.15, 0.2) is 9.84 Å². The van der Waals surface area contributed by atoms with Crippen molar-refractivity contribution in [3.8, 4) is 17.2 Å². The van der Waals surface area contributed by atoms with E-state index in [9.17, 15) is 36.8 Å². The van der Waals surface area contributed by atoms with Gasteiger partial charge in [0.1, 0.15) is 12.1 Å². The number of rotatable bonds is 15. The number of sulfone groups is 1. The lowest BCUT2D eigenvalue weighted by Crippen LogP contribution is -2.25. The van der Waals surface area contributed by atoms with Gasteiger partial charge in [0.05, 0.1) is 39.2 Å². The summed E-state index contributed by atoms with van der Waals surface area (Å²) in [4.78, 5) is 21.7. The van der Waals surface area contributed by atoms with Crippen molar-refractivity contribution in [1.82, 2.24) is 15.0 Å². The predicted octanol–water partition coefficient (Wildman–Crippen LogP) is 8.63. The number of ether oxygens (including phenoxy) is 1. The number of carbonyl (C=O) groups is 1. The van der Waals surface area contributed by atoms with E-state index in [4.69, 9.17) is 10.5 Å². The molecule has 14 heteroatoms. The maximum Gasteiger partial charge on any atom is 0.417 e. The van der Waals surface area contributed by atoms with Gasteiger partial charge in [-0.1, -0.05) is 76.1 Å². The third-order valence-corrected chi connectivity index (χ3v) is 12.4. The number of nitrogens with one attached hydrogen (secondary N) is 1. The summed E-state index contributed by atoms with van der Waals surface area (Å²) < 4.78 is 74.6. The molecular formula is C39H46F3N5O5S. The van der Waals surface area contributed by atoms with E-state index in [-0.39, 0.29) is 30.4 Å². The lowest BCUT2D eigenvalue weighted by molar-refractivity contribution is -0.146. The van der Waals surface area contributed by atoms with E-state index in [0.717, 1.165) is 67.1 Å². The first-order chi connectivity index (χ1) is 25.3. The molecule has 0 aliphatic heterocycles. The van der Waals surface area contributed by atoms with E-state index in [0.29, 0.717) is 11.4 Å². The standard InChI is InChI=1S/C27H35F3N2O5S.C12H11N3/c1-2-3-4-5-6-7-8-9-12-37-24-15-21(14-22(24)26(33)34)38(35,36)25-11-10-19(13-23(25)27(28,29)30)20-16-31-18-32-17-20;13-7-12(5-6-12)10-8-3-1-2-4-9(8)15-11(10)14/h10-11,13,16-18,21-22,24H,2-9,12,14-15H2,1H3,(H,33,34);1-4,15H,5-6,14H2/t21-,22-,24-;/m1./s1. The van der Waals surface area contributed by atoms with Crippen LogP contribution in [0.25, 0.3) is 22.0 Å². The zero-order valence-electron chi connectivity index (χ0n) is 29.7. The number of nitrogens with two attached hydrogens (primary N) is 1. The van der Waals surface area contributed by atoms with Crippen LogP contribution in [0, 0.1) is 17.2 Å². The third-order valence-electron chi connectivity index (χ3n) is 10.2. The van der Waals surface area contributed by atoms with E-state index >= 15 is 0 Å². The Morgan fingerprint density at radius 2 is 1.68 bits per heavy atom. The Balaban J connectivity index is 0.000000296. The summed E-state index contributed by atoms with van der Waals surface area (Å²) in [6, 6.07) is 13.3. The number of benzene rings is 2. The molecule has 2 fully saturated rings. The summed E-state index contributed by atoms with van der Waals surface area (Å²) >= 11 is 0. The fraction of sp³-hybridized carbons (Fsp3) is 0.487. The second-order valence-electron chi connectivity index (χ2n) is 14.0. The third kappa shape index (κ3) is 9.37. The molecule has 0 bridgehead atoms. The normalized spacial score (nSPS) is 19.3. The average molecular weight is 754 g/mol. The molecule has 0 radical (unpaired) electrons. The van der Waals surface area contributed by atoms with Crippen molar-refractivity contribution in [2.75, 3.05) is 12.3 Å². The molecule has 2 aromatic heterocycles. The molecule has 3 atom stereocenters. The molecule has 4 N–H and O–H groups in total. The number of H-pyrrole nitrogens is 1. The number of fused-ring (bicyclic) bond motifs is 1. The summed E-state index contributed by atoms with van der Waals surface area (Å²) in [5, 5.41) is 18.7. The van der Waals surface area contributed by atoms with Crippen LogP contribution >= 0.6 is 0 Å². The zero-order valence-corrected chi connectivity index (χ0v) is 30.6. The highest BCUT2D eigenvalue weighted by atomic mass is 32.2. The van der Waals surface area contributed by atoms with Crippen molar-refractivity contribution in [3.05, 3.63) is 72.3 Å². The van der Waals surface area contributed by atoms with E-state index < -0.39 is 49.7 Å². The number of carboxylic acid groups (broad SMARTS) is 1. The first-order valence-corrected chi connectivity index (χ1v) is 19.7. The molecule has 6 rings (SSSR count). The van der Waals surface area contributed by atoms with Crippen LogP contribution < -0.4 is 5.73 Å². The maximum atomic E-state index is 14.0. The van der Waals surface area contributed by atoms with Gasteiger partial charge in [0.2, 0.25) is 0 Å². The van der Waals surface area contributed by atoms with Crippen LogP contribution in [0.1, 0.15) is 95.1 Å². The molecule has 4 aromatic rings. The highest BCUT2D eigenvalue weighted by Crippen LogP contribution is 2.52. The number of aliphatic carboxylic acids is 1. The molecule has 0 amide bonds. The number of para-hydroxylation sites is 1. The number of aromatic amines is 1. The Hall–Kier alpha value is -4.48. The van der Waals surface area contributed by atoms with Crippen LogP contribution in [0.3, 0.4) is 0 Å². The number of nitrogen functional groups attached to an aromatic ring is 1. The quantitative estimate of drug-likeness (QED) is 0.101. The molecule has 10 nitrogen and oxygen atoms in total. The second-order valence-corrected chi connectivity index (χ2v) is 16.2. The summed E-state index contributed by atoms with van der Waals surface area (Å²) in [5.74, 6) is -1.66. The molecule has 2 aromatic carbocycles. The number of alkyl halides is 3. The molecule has 0 spiro atoms. The summed E-state index contributed by atoms with van der Waals surface area (Å²) in [6.07, 6.45) is 8.09. The minimum Gasteiger partial charge on any atom is -0.481 e. The number of hydrogen-bond donors (Lipinski definition) is 3. The Labute approximate surface area is 307 Å². The van der Waals surface area contributed by atoms with Gasteiger partial charge >= 0.3 is 12.1 Å². The Morgan fingerprint density at radius 1 is 1.02 bits per heavy atom. The first-order valence-electron chi connectivity index (χ1n) is 18.1. The topological polar surface area (TPSA) is 172 Å². The highest BCUT2D eigenvalue weighted by Gasteiger charge is 2.49. The van der Waals surface area contributed by atoms with Crippen molar-refractivity contribution in [2.45, 2.75) is 112 Å². The van der Waals surface area contributed by atoms with Gasteiger partial charge in [-0.2, -0.15) is 18.4 Å². The van der Waals surface area contributed by atoms with Gasteiger partial charge in [0, 0.05) is 41.0 Å². The minimum absolute atomic E-state index is 0.123. The molecular weight excluding hydrogens is 708 g/mol. The molecule has 53 heavy (non-hydrogen) atoms. The SMILES string of the molecule is CCCCCCCCCCO[C@@H]1C[C@H](S(=O)(=O)c2ccc(-c3cncnc3)cc2C(F)(F)F)C[C@H]1C(=O)O.N#CC1(c2c(N)[nH]c3ccccc23)CC1. The first kappa shape index (κ1) is 39.7. The summed E-state index contributed by atoms with van der Waals surface area (Å²) in [5.41, 5.74) is 6.79. The molecule has 0 saturated heterocycles. The molecule has 2 heterocycles. The van der Waals surface area contributed by atoms with Gasteiger partial charge in [-0.3, -0.25) is 4.79 Å². The number of anilines is 1. The fourth-order valence-corrected chi connectivity index (χ4v) is 9.15. The summed E-state index contributed by atoms with van der Waals surface area (Å²) in [7, 11) is -4.50. The van der Waals surface area contributed by atoms with Crippen molar-refractivity contribution >= 4 is 32.5 Å². The number of hydrogen-bond acceptors (Lipinski definition) is 8. The Kier molecular flexibility index (Phi) is 12.8. The number of nitriles is 1. The van der Waals surface area contributed by atoms with Crippen LogP contribution in [-0.4, -0.2) is 52.4 Å². The fourth-order valence-electron chi connectivity index (χ4n) is 7.15. The molecule has 0 unspecified atom stereocenters. The van der Waals surface area contributed by atoms with Crippen molar-refractivity contribution in [1.29, 1.82) is 5.26 Å². The van der Waals surface area contributed by atoms with Gasteiger partial charge < -0.3 is 20.6 Å². The van der Waals surface area contributed by atoms with Gasteiger partial charge in [-0.15, -0.1) is 0 Å². The maximum absolute atomic E-state index is 14.0. The van der Waals surface area contributed by atoms with E-state index in [2.05, 4.69) is 27.9 Å². The Morgan fingerprint density at radius 3 is 2.30 bits per heavy atom. The highest BCUT2D eigenvalue weighted by molar-refractivity contribution is 7.92. The van der Waals surface area contributed by atoms with Gasteiger partial charge in [-0.25, -0.2) is 18.4 Å². The van der Waals surface area contributed by atoms with Crippen molar-refractivity contribution < 1.29 is 36.2 Å². The monoisotopic (exact) mass is 753 g/mol. The largest absolute Gasteiger partial charge is 0.481 e. The average Bonchev–Trinajstić information content (AvgIpc) is 3.66. The number of unbranched alkanes of at least 4 members (excludes halogenated alkanes) is 7. The van der Waals surface area contributed by atoms with Crippen LogP contribution in [0.4, 0.5) is 19.0 Å². The van der Waals surface area contributed by atoms with E-state index in [1.54, 1.807) is 0 Å². The van der Waals surface area contributed by atoms with E-state index in [1.165, 1.54) is 50.5 Å². The predicted molar refractivity (Wildman–Crippen MR) is 195 cm³/mol. The summed E-state index contributed by atoms with van der Waals surface area (Å²) in [6.45, 7) is 2.45. The molecule has 2 aliphatic rings. The van der Waals surface area contributed by atoms with Crippen molar-refractivity contribution in [2.24, 2.45) is 5.92 Å². The van der Waals surface area contributed by atoms with Crippen LogP contribution in [0.5, 0.6) is 0 Å². The van der Waals surface area contributed by atoms with Crippen molar-refractivity contribution in [3.63, 3.8) is 0 Å². The van der Waals surface area contributed by atoms with Gasteiger partial charge in [-0.05, 0) is 55.9 Å².